The van der Waals surface area contributed by atoms with Gasteiger partial charge in [0.05, 0.1) is 12.2 Å². The van der Waals surface area contributed by atoms with Gasteiger partial charge < -0.3 is 10.6 Å². The number of aryl methyl sites for hydroxylation is 2. The van der Waals surface area contributed by atoms with E-state index in [-0.39, 0.29) is 0 Å². The van der Waals surface area contributed by atoms with Crippen LogP contribution in [0.15, 0.2) is 4.99 Å². The summed E-state index contributed by atoms with van der Waals surface area (Å²) in [5.74, 6) is 1.82. The molecular formula is C19H35N5. The molecule has 0 amide bonds. The van der Waals surface area contributed by atoms with Gasteiger partial charge in [0.1, 0.15) is 0 Å². The fourth-order valence-corrected chi connectivity index (χ4v) is 3.65. The molecule has 24 heavy (non-hydrogen) atoms. The van der Waals surface area contributed by atoms with Crippen LogP contribution in [-0.2, 0) is 26.4 Å². The minimum atomic E-state index is 0.559. The van der Waals surface area contributed by atoms with E-state index < -0.39 is 0 Å². The number of guanidine groups is 1. The van der Waals surface area contributed by atoms with Gasteiger partial charge >= 0.3 is 0 Å². The maximum absolute atomic E-state index is 4.87. The molecule has 2 rings (SSSR count). The quantitative estimate of drug-likeness (QED) is 0.621. The molecule has 0 aromatic carbocycles. The predicted molar refractivity (Wildman–Crippen MR) is 101 cm³/mol. The van der Waals surface area contributed by atoms with Crippen LogP contribution in [0.1, 0.15) is 70.3 Å². The Labute approximate surface area is 147 Å². The number of hydrogen-bond acceptors (Lipinski definition) is 2. The molecule has 1 aliphatic carbocycles. The molecule has 136 valence electrons. The second-order valence-corrected chi connectivity index (χ2v) is 7.00. The van der Waals surface area contributed by atoms with Gasteiger partial charge in [-0.2, -0.15) is 5.10 Å². The van der Waals surface area contributed by atoms with Crippen LogP contribution in [0.2, 0.25) is 0 Å². The first-order chi connectivity index (χ1) is 11.6. The van der Waals surface area contributed by atoms with Crippen LogP contribution < -0.4 is 10.6 Å². The van der Waals surface area contributed by atoms with Crippen molar-refractivity contribution < 1.29 is 0 Å². The lowest BCUT2D eigenvalue weighted by molar-refractivity contribution is 0.329. The zero-order valence-corrected chi connectivity index (χ0v) is 16.2. The van der Waals surface area contributed by atoms with Crippen LogP contribution in [0.4, 0.5) is 0 Å². The lowest BCUT2D eigenvalue weighted by Crippen LogP contribution is -2.44. The van der Waals surface area contributed by atoms with E-state index in [0.29, 0.717) is 12.6 Å². The summed E-state index contributed by atoms with van der Waals surface area (Å²) >= 11 is 0. The van der Waals surface area contributed by atoms with Gasteiger partial charge in [-0.1, -0.05) is 20.8 Å². The van der Waals surface area contributed by atoms with Crippen molar-refractivity contribution in [1.82, 2.24) is 20.4 Å². The van der Waals surface area contributed by atoms with Crippen molar-refractivity contribution >= 4 is 5.96 Å². The first kappa shape index (κ1) is 18.8. The molecule has 0 aliphatic heterocycles. The Morgan fingerprint density at radius 2 is 1.88 bits per heavy atom. The number of aliphatic imine (C=N–C) groups is 1. The molecular weight excluding hydrogens is 298 g/mol. The normalized spacial score (nSPS) is 21.8. The molecule has 0 saturated heterocycles. The lowest BCUT2D eigenvalue weighted by Gasteiger charge is -2.28. The van der Waals surface area contributed by atoms with Gasteiger partial charge in [-0.05, 0) is 51.4 Å². The van der Waals surface area contributed by atoms with E-state index in [9.17, 15) is 0 Å². The zero-order chi connectivity index (χ0) is 17.5. The molecule has 1 fully saturated rings. The van der Waals surface area contributed by atoms with Crippen LogP contribution in [0.5, 0.6) is 0 Å². The molecule has 2 N–H and O–H groups in total. The van der Waals surface area contributed by atoms with E-state index >= 15 is 0 Å². The van der Waals surface area contributed by atoms with Crippen LogP contribution in [0.3, 0.4) is 0 Å². The lowest BCUT2D eigenvalue weighted by atomic mass is 9.87. The van der Waals surface area contributed by atoms with Gasteiger partial charge in [-0.3, -0.25) is 4.68 Å². The fraction of sp³-hybridized carbons (Fsp3) is 0.789. The summed E-state index contributed by atoms with van der Waals surface area (Å²) in [7, 11) is 2.04. The highest BCUT2D eigenvalue weighted by molar-refractivity contribution is 5.80. The Morgan fingerprint density at radius 1 is 1.17 bits per heavy atom. The number of rotatable bonds is 6. The number of aromatic nitrogens is 2. The van der Waals surface area contributed by atoms with Crippen molar-refractivity contribution in [3.63, 3.8) is 0 Å². The molecule has 0 bridgehead atoms. The maximum atomic E-state index is 4.87. The first-order valence-electron chi connectivity index (χ1n) is 9.67. The summed E-state index contributed by atoms with van der Waals surface area (Å²) < 4.78 is 2.02. The van der Waals surface area contributed by atoms with Gasteiger partial charge in [0.15, 0.2) is 5.96 Å². The molecule has 1 aromatic rings. The average molecular weight is 334 g/mol. The van der Waals surface area contributed by atoms with Gasteiger partial charge in [-0.15, -0.1) is 0 Å². The maximum Gasteiger partial charge on any atom is 0.191 e. The van der Waals surface area contributed by atoms with Crippen molar-refractivity contribution in [2.24, 2.45) is 18.0 Å². The zero-order valence-electron chi connectivity index (χ0n) is 16.2. The minimum absolute atomic E-state index is 0.559. The number of nitrogens with zero attached hydrogens (tertiary/aromatic N) is 3. The summed E-state index contributed by atoms with van der Waals surface area (Å²) in [6.45, 7) is 10.4. The van der Waals surface area contributed by atoms with Crippen LogP contribution in [0, 0.1) is 5.92 Å². The Balaban J connectivity index is 2.08. The predicted octanol–water partition coefficient (Wildman–Crippen LogP) is 3.18. The summed E-state index contributed by atoms with van der Waals surface area (Å²) in [5.41, 5.74) is 3.79. The summed E-state index contributed by atoms with van der Waals surface area (Å²) in [5, 5.41) is 11.7. The van der Waals surface area contributed by atoms with E-state index in [1.165, 1.54) is 42.6 Å². The molecule has 0 atom stereocenters. The van der Waals surface area contributed by atoms with Crippen molar-refractivity contribution in [2.45, 2.75) is 78.8 Å². The third kappa shape index (κ3) is 4.74. The van der Waals surface area contributed by atoms with Crippen LogP contribution in [-0.4, -0.2) is 28.3 Å². The standard InChI is InChI=1S/C19H35N5/c1-6-17-16(18(7-2)24(5)23-17)13-21-19(20-8-3)22-15-11-9-14(4)10-12-15/h14-15H,6-13H2,1-5H3,(H2,20,21,22). The first-order valence-corrected chi connectivity index (χ1v) is 9.67. The molecule has 1 heterocycles. The van der Waals surface area contributed by atoms with E-state index in [4.69, 9.17) is 4.99 Å². The van der Waals surface area contributed by atoms with Gasteiger partial charge in [0.2, 0.25) is 0 Å². The second-order valence-electron chi connectivity index (χ2n) is 7.00. The Kier molecular flexibility index (Phi) is 7.13. The molecule has 1 aliphatic rings. The highest BCUT2D eigenvalue weighted by Gasteiger charge is 2.19. The number of nitrogens with one attached hydrogen (secondary N) is 2. The van der Waals surface area contributed by atoms with E-state index in [0.717, 1.165) is 31.3 Å². The van der Waals surface area contributed by atoms with Crippen molar-refractivity contribution in [3.05, 3.63) is 17.0 Å². The van der Waals surface area contributed by atoms with Gasteiger partial charge in [-0.25, -0.2) is 4.99 Å². The second kappa shape index (κ2) is 9.09. The third-order valence-corrected chi connectivity index (χ3v) is 5.12. The Morgan fingerprint density at radius 3 is 2.46 bits per heavy atom. The Hall–Kier alpha value is -1.52. The van der Waals surface area contributed by atoms with Crippen LogP contribution in [0.25, 0.3) is 0 Å². The largest absolute Gasteiger partial charge is 0.357 e. The van der Waals surface area contributed by atoms with E-state index in [1.54, 1.807) is 0 Å². The highest BCUT2D eigenvalue weighted by Crippen LogP contribution is 2.23. The fourth-order valence-electron chi connectivity index (χ4n) is 3.65. The highest BCUT2D eigenvalue weighted by atomic mass is 15.3. The topological polar surface area (TPSA) is 54.2 Å². The summed E-state index contributed by atoms with van der Waals surface area (Å²) in [6.07, 6.45) is 7.10. The minimum Gasteiger partial charge on any atom is -0.357 e. The van der Waals surface area contributed by atoms with Gasteiger partial charge in [0.25, 0.3) is 0 Å². The molecule has 0 spiro atoms. The summed E-state index contributed by atoms with van der Waals surface area (Å²) in [4.78, 5) is 4.87. The monoisotopic (exact) mass is 333 g/mol. The third-order valence-electron chi connectivity index (χ3n) is 5.12. The van der Waals surface area contributed by atoms with Crippen molar-refractivity contribution in [1.29, 1.82) is 0 Å². The average Bonchev–Trinajstić information content (AvgIpc) is 2.89. The molecule has 0 unspecified atom stereocenters. The van der Waals surface area contributed by atoms with Gasteiger partial charge in [0, 0.05) is 30.9 Å². The Bertz CT molecular complexity index is 538. The van der Waals surface area contributed by atoms with Crippen molar-refractivity contribution in [3.8, 4) is 0 Å². The molecule has 5 nitrogen and oxygen atoms in total. The summed E-state index contributed by atoms with van der Waals surface area (Å²) in [6, 6.07) is 0.559. The molecule has 1 aromatic heterocycles. The molecule has 1 saturated carbocycles. The smallest absolute Gasteiger partial charge is 0.191 e. The van der Waals surface area contributed by atoms with E-state index in [2.05, 4.69) is 43.4 Å². The molecule has 5 heteroatoms. The SMILES string of the molecule is CCNC(=NCc1c(CC)nn(C)c1CC)NC1CCC(C)CC1. The van der Waals surface area contributed by atoms with Crippen LogP contribution >= 0.6 is 0 Å². The van der Waals surface area contributed by atoms with Crippen molar-refractivity contribution in [2.75, 3.05) is 6.54 Å². The number of hydrogen-bond donors (Lipinski definition) is 2. The molecule has 0 radical (unpaired) electrons. The van der Waals surface area contributed by atoms with E-state index in [1.807, 2.05) is 11.7 Å².